The summed E-state index contributed by atoms with van der Waals surface area (Å²) in [6, 6.07) is 14.8. The van der Waals surface area contributed by atoms with Crippen LogP contribution in [0.3, 0.4) is 0 Å². The molecule has 2 atom stereocenters. The maximum atomic E-state index is 14.5. The normalized spacial score (nSPS) is 13.2. The Morgan fingerprint density at radius 1 is 1.31 bits per heavy atom. The van der Waals surface area contributed by atoms with Crippen molar-refractivity contribution < 1.29 is 26.9 Å². The summed E-state index contributed by atoms with van der Waals surface area (Å²) >= 11 is 0. The van der Waals surface area contributed by atoms with E-state index in [1.165, 1.54) is 19.2 Å². The van der Waals surface area contributed by atoms with Gasteiger partial charge in [0.05, 0.1) is 12.0 Å². The molecule has 1 heterocycles. The zero-order valence-corrected chi connectivity index (χ0v) is 17.7. The number of amides is 1. The third-order valence-corrected chi connectivity index (χ3v) is 5.41. The Morgan fingerprint density at radius 2 is 2.00 bits per heavy atom. The van der Waals surface area contributed by atoms with Crippen LogP contribution in [-0.2, 0) is 28.4 Å². The highest BCUT2D eigenvalue weighted by atomic mass is 32.2. The average molecular weight is 458 g/mol. The third-order valence-electron chi connectivity index (χ3n) is 4.68. The minimum absolute atomic E-state index is 0.0231. The minimum atomic E-state index is -4.62. The van der Waals surface area contributed by atoms with Gasteiger partial charge in [0.15, 0.2) is 5.82 Å². The number of rotatable bonds is 8. The van der Waals surface area contributed by atoms with Crippen molar-refractivity contribution in [1.82, 2.24) is 9.55 Å². The van der Waals surface area contributed by atoms with E-state index in [9.17, 15) is 27.4 Å². The van der Waals surface area contributed by atoms with Gasteiger partial charge >= 0.3 is 10.1 Å². The first-order valence-corrected chi connectivity index (χ1v) is 10.7. The molecule has 2 aromatic carbocycles. The molecule has 0 saturated carbocycles. The number of nitrogens with zero attached hydrogens (tertiary/aromatic N) is 3. The van der Waals surface area contributed by atoms with Crippen LogP contribution >= 0.6 is 0 Å². The van der Waals surface area contributed by atoms with E-state index in [-0.39, 0.29) is 23.6 Å². The van der Waals surface area contributed by atoms with Gasteiger partial charge in [-0.15, -0.1) is 0 Å². The molecule has 0 radical (unpaired) electrons. The molecule has 0 aliphatic rings. The van der Waals surface area contributed by atoms with Gasteiger partial charge in [0, 0.05) is 18.8 Å². The van der Waals surface area contributed by atoms with E-state index >= 15 is 0 Å². The number of hydrogen-bond donors (Lipinski definition) is 2. The zero-order valence-electron chi connectivity index (χ0n) is 16.8. The lowest BCUT2D eigenvalue weighted by molar-refractivity contribution is -0.125. The maximum Gasteiger partial charge on any atom is 0.313 e. The SMILES string of the molecule is Cn1cc(S(=O)(=O)O)nc1C(Oc1ccc(F)c(C(C#N)Cc2ccccc2)c1)C(N)=O. The molecule has 3 N–H and O–H groups in total. The van der Waals surface area contributed by atoms with E-state index in [0.29, 0.717) is 0 Å². The molecule has 11 heteroatoms. The number of halogens is 1. The second kappa shape index (κ2) is 9.17. The van der Waals surface area contributed by atoms with Crippen molar-refractivity contribution in [2.75, 3.05) is 0 Å². The number of carbonyl (C=O) groups is 1. The zero-order chi connectivity index (χ0) is 23.5. The highest BCUT2D eigenvalue weighted by Gasteiger charge is 2.28. The fourth-order valence-corrected chi connectivity index (χ4v) is 3.63. The largest absolute Gasteiger partial charge is 0.473 e. The highest BCUT2D eigenvalue weighted by molar-refractivity contribution is 7.85. The van der Waals surface area contributed by atoms with Crippen LogP contribution < -0.4 is 10.5 Å². The van der Waals surface area contributed by atoms with Crippen molar-refractivity contribution in [1.29, 1.82) is 5.26 Å². The smallest absolute Gasteiger partial charge is 0.313 e. The lowest BCUT2D eigenvalue weighted by Gasteiger charge is -2.18. The molecule has 0 fully saturated rings. The monoisotopic (exact) mass is 458 g/mol. The number of primary amides is 1. The Hall–Kier alpha value is -3.75. The number of nitrogens with two attached hydrogens (primary N) is 1. The van der Waals surface area contributed by atoms with Crippen molar-refractivity contribution in [3.05, 3.63) is 77.5 Å². The Bertz CT molecular complexity index is 1290. The third kappa shape index (κ3) is 5.11. The molecule has 0 spiro atoms. The van der Waals surface area contributed by atoms with E-state index < -0.39 is 38.9 Å². The van der Waals surface area contributed by atoms with Crippen LogP contribution in [0.15, 0.2) is 59.8 Å². The summed E-state index contributed by atoms with van der Waals surface area (Å²) in [6.07, 6.45) is -0.289. The molecule has 3 aromatic rings. The predicted molar refractivity (Wildman–Crippen MR) is 110 cm³/mol. The van der Waals surface area contributed by atoms with Gasteiger partial charge < -0.3 is 15.0 Å². The number of benzene rings is 2. The number of aryl methyl sites for hydroxylation is 1. The van der Waals surface area contributed by atoms with Gasteiger partial charge in [-0.1, -0.05) is 30.3 Å². The molecule has 0 aliphatic heterocycles. The average Bonchev–Trinajstić information content (AvgIpc) is 3.14. The van der Waals surface area contributed by atoms with Gasteiger partial charge in [-0.05, 0) is 30.2 Å². The lowest BCUT2D eigenvalue weighted by atomic mass is 9.92. The Kier molecular flexibility index (Phi) is 6.57. The molecular formula is C21H19FN4O5S. The number of hydrogen-bond acceptors (Lipinski definition) is 6. The van der Waals surface area contributed by atoms with Crippen molar-refractivity contribution in [2.45, 2.75) is 23.5 Å². The summed E-state index contributed by atoms with van der Waals surface area (Å²) in [7, 11) is -3.23. The molecule has 2 unspecified atom stereocenters. The standard InChI is InChI=1S/C21H19FN4O5S/c1-26-12-18(32(28,29)30)25-21(26)19(20(24)27)31-15-7-8-17(22)16(10-15)14(11-23)9-13-5-3-2-4-6-13/h2-8,10,12,14,19H,9H2,1H3,(H2,24,27)(H,28,29,30). The number of aromatic nitrogens is 2. The van der Waals surface area contributed by atoms with E-state index in [1.807, 2.05) is 30.3 Å². The second-order valence-corrected chi connectivity index (χ2v) is 8.35. The molecule has 0 bridgehead atoms. The van der Waals surface area contributed by atoms with Gasteiger partial charge in [0.1, 0.15) is 11.6 Å². The minimum Gasteiger partial charge on any atom is -0.473 e. The summed E-state index contributed by atoms with van der Waals surface area (Å²) in [4.78, 5) is 15.7. The van der Waals surface area contributed by atoms with E-state index in [0.717, 1.165) is 22.4 Å². The molecular weight excluding hydrogens is 439 g/mol. The van der Waals surface area contributed by atoms with Gasteiger partial charge in [-0.3, -0.25) is 9.35 Å². The van der Waals surface area contributed by atoms with Crippen LogP contribution in [0.2, 0.25) is 0 Å². The molecule has 1 aromatic heterocycles. The Morgan fingerprint density at radius 3 is 2.56 bits per heavy atom. The topological polar surface area (TPSA) is 148 Å². The van der Waals surface area contributed by atoms with Gasteiger partial charge in [0.2, 0.25) is 11.1 Å². The van der Waals surface area contributed by atoms with Crippen LogP contribution in [0.25, 0.3) is 0 Å². The second-order valence-electron chi connectivity index (χ2n) is 6.98. The molecule has 1 amide bonds. The van der Waals surface area contributed by atoms with E-state index in [4.69, 9.17) is 10.5 Å². The predicted octanol–water partition coefficient (Wildman–Crippen LogP) is 2.26. The van der Waals surface area contributed by atoms with Gasteiger partial charge in [0.25, 0.3) is 5.91 Å². The fourth-order valence-electron chi connectivity index (χ4n) is 3.13. The van der Waals surface area contributed by atoms with Gasteiger partial charge in [-0.25, -0.2) is 9.37 Å². The van der Waals surface area contributed by atoms with E-state index in [1.54, 1.807) is 0 Å². The van der Waals surface area contributed by atoms with Crippen molar-refractivity contribution in [2.24, 2.45) is 12.8 Å². The summed E-state index contributed by atoms with van der Waals surface area (Å²) in [5.74, 6) is -2.60. The first-order valence-electron chi connectivity index (χ1n) is 9.30. The summed E-state index contributed by atoms with van der Waals surface area (Å²) in [6.45, 7) is 0. The van der Waals surface area contributed by atoms with Crippen molar-refractivity contribution >= 4 is 16.0 Å². The number of carbonyl (C=O) groups excluding carboxylic acids is 1. The molecule has 0 aliphatic carbocycles. The lowest BCUT2D eigenvalue weighted by Crippen LogP contribution is -2.28. The van der Waals surface area contributed by atoms with Crippen molar-refractivity contribution in [3.63, 3.8) is 0 Å². The summed E-state index contributed by atoms with van der Waals surface area (Å²) < 4.78 is 53.1. The van der Waals surface area contributed by atoms with Crippen molar-refractivity contribution in [3.8, 4) is 11.8 Å². The van der Waals surface area contributed by atoms with Crippen LogP contribution in [0.4, 0.5) is 4.39 Å². The first-order chi connectivity index (χ1) is 15.1. The summed E-state index contributed by atoms with van der Waals surface area (Å²) in [5.41, 5.74) is 6.31. The molecule has 9 nitrogen and oxygen atoms in total. The number of imidazole rings is 1. The molecule has 32 heavy (non-hydrogen) atoms. The highest BCUT2D eigenvalue weighted by Crippen LogP contribution is 2.29. The Balaban J connectivity index is 1.93. The van der Waals surface area contributed by atoms with Crippen LogP contribution in [0, 0.1) is 17.1 Å². The van der Waals surface area contributed by atoms with E-state index in [2.05, 4.69) is 11.1 Å². The number of nitriles is 1. The fraction of sp³-hybridized carbons (Fsp3) is 0.190. The Labute approximate surface area is 183 Å². The van der Waals surface area contributed by atoms with Crippen LogP contribution in [0.1, 0.15) is 29.0 Å². The van der Waals surface area contributed by atoms with Gasteiger partial charge in [-0.2, -0.15) is 13.7 Å². The van der Waals surface area contributed by atoms with Crippen LogP contribution in [0.5, 0.6) is 5.75 Å². The quantitative estimate of drug-likeness (QED) is 0.492. The summed E-state index contributed by atoms with van der Waals surface area (Å²) in [5, 5.41) is 8.91. The maximum absolute atomic E-state index is 14.5. The number of ether oxygens (including phenoxy) is 1. The molecule has 3 rings (SSSR count). The first kappa shape index (κ1) is 22.9. The molecule has 166 valence electrons. The van der Waals surface area contributed by atoms with Crippen LogP contribution in [-0.4, -0.2) is 28.4 Å². The molecule has 0 saturated heterocycles.